The number of esters is 3. The standard InChI is InChI=1S/C69H116O6/c1-4-7-10-13-16-19-22-25-28-29-30-31-32-33-34-35-36-37-38-39-40-41-42-45-47-50-53-56-59-62-68(71)74-65-66(75-69(72)63-60-57-54-51-48-44-27-24-21-18-15-12-9-6-3)64-73-67(70)61-58-55-52-49-46-43-26-23-20-17-14-11-8-5-2/h7,10,16,19,25,28,30-31,33-34,36-37,39-40,42,45,50,53,66H,4-6,8-9,11-15,17-18,20-24,26-27,29,32,35,38,41,43-44,46-49,51-52,54-65H2,1-3H3/b10-7-,19-16-,28-25-,31-30-,34-33-,37-36-,40-39-,45-42-,53-50-. The maximum atomic E-state index is 12.9. The van der Waals surface area contributed by atoms with Crippen molar-refractivity contribution in [1.82, 2.24) is 0 Å². The van der Waals surface area contributed by atoms with Crippen LogP contribution in [0.5, 0.6) is 0 Å². The summed E-state index contributed by atoms with van der Waals surface area (Å²) in [6, 6.07) is 0. The minimum atomic E-state index is -0.799. The first-order valence-electron chi connectivity index (χ1n) is 31.4. The molecule has 0 aromatic heterocycles. The Bertz CT molecular complexity index is 1520. The van der Waals surface area contributed by atoms with E-state index in [1.165, 1.54) is 141 Å². The molecule has 0 bridgehead atoms. The monoisotopic (exact) mass is 1040 g/mol. The minimum Gasteiger partial charge on any atom is -0.462 e. The molecular weight excluding hydrogens is 925 g/mol. The number of allylic oxidation sites excluding steroid dienone is 18. The third kappa shape index (κ3) is 60.8. The van der Waals surface area contributed by atoms with E-state index in [1.54, 1.807) is 0 Å². The maximum Gasteiger partial charge on any atom is 0.306 e. The number of ether oxygens (including phenoxy) is 3. The van der Waals surface area contributed by atoms with Gasteiger partial charge in [-0.3, -0.25) is 14.4 Å². The van der Waals surface area contributed by atoms with Crippen molar-refractivity contribution in [3.63, 3.8) is 0 Å². The predicted molar refractivity (Wildman–Crippen MR) is 325 cm³/mol. The summed E-state index contributed by atoms with van der Waals surface area (Å²) in [7, 11) is 0. The van der Waals surface area contributed by atoms with E-state index in [4.69, 9.17) is 14.2 Å². The van der Waals surface area contributed by atoms with Gasteiger partial charge in [0.25, 0.3) is 0 Å². The molecule has 6 heteroatoms. The molecule has 1 unspecified atom stereocenters. The predicted octanol–water partition coefficient (Wildman–Crippen LogP) is 21.4. The zero-order valence-electron chi connectivity index (χ0n) is 49.0. The third-order valence-electron chi connectivity index (χ3n) is 13.3. The van der Waals surface area contributed by atoms with E-state index >= 15 is 0 Å². The topological polar surface area (TPSA) is 78.9 Å². The summed E-state index contributed by atoms with van der Waals surface area (Å²) in [4.78, 5) is 38.2. The van der Waals surface area contributed by atoms with Gasteiger partial charge in [-0.05, 0) is 83.5 Å². The molecule has 0 fully saturated rings. The normalized spacial score (nSPS) is 12.8. The van der Waals surface area contributed by atoms with Gasteiger partial charge in [-0.15, -0.1) is 0 Å². The average Bonchev–Trinajstić information content (AvgIpc) is 3.41. The van der Waals surface area contributed by atoms with E-state index in [0.29, 0.717) is 19.3 Å². The van der Waals surface area contributed by atoms with Gasteiger partial charge in [0.2, 0.25) is 0 Å². The molecule has 0 spiro atoms. The molecule has 0 aromatic rings. The van der Waals surface area contributed by atoms with Gasteiger partial charge in [-0.1, -0.05) is 297 Å². The molecule has 75 heavy (non-hydrogen) atoms. The molecule has 0 aliphatic heterocycles. The highest BCUT2D eigenvalue weighted by molar-refractivity contribution is 5.71. The SMILES string of the molecule is CC/C=C\C/C=C\C/C=C\C/C=C\C/C=C\C/C=C\C/C=C\C/C=C\C/C=C\CCCC(=O)OCC(COC(=O)CCCCCCCCCCCCCCCC)OC(=O)CCCCCCCCCCCCCCCC. The molecule has 6 nitrogen and oxygen atoms in total. The first-order valence-corrected chi connectivity index (χ1v) is 31.4. The Morgan fingerprint density at radius 1 is 0.280 bits per heavy atom. The van der Waals surface area contributed by atoms with E-state index in [1.807, 2.05) is 0 Å². The number of carbonyl (C=O) groups is 3. The second-order valence-corrected chi connectivity index (χ2v) is 20.6. The van der Waals surface area contributed by atoms with Gasteiger partial charge < -0.3 is 14.2 Å². The smallest absolute Gasteiger partial charge is 0.306 e. The number of rotatable bonds is 56. The molecule has 428 valence electrons. The van der Waals surface area contributed by atoms with Crippen molar-refractivity contribution >= 4 is 17.9 Å². The van der Waals surface area contributed by atoms with Crippen LogP contribution in [0.1, 0.15) is 290 Å². The molecule has 0 radical (unpaired) electrons. The van der Waals surface area contributed by atoms with Crippen molar-refractivity contribution < 1.29 is 28.6 Å². The molecule has 1 atom stereocenters. The Labute approximate surface area is 463 Å². The van der Waals surface area contributed by atoms with E-state index in [2.05, 4.69) is 130 Å². The summed E-state index contributed by atoms with van der Waals surface area (Å²) in [5.74, 6) is -0.946. The van der Waals surface area contributed by atoms with Gasteiger partial charge in [0.1, 0.15) is 13.2 Å². The Balaban J connectivity index is 4.40. The van der Waals surface area contributed by atoms with E-state index < -0.39 is 6.10 Å². The lowest BCUT2D eigenvalue weighted by atomic mass is 10.0. The van der Waals surface area contributed by atoms with Gasteiger partial charge in [-0.2, -0.15) is 0 Å². The molecule has 0 aliphatic rings. The van der Waals surface area contributed by atoms with Crippen LogP contribution in [0.3, 0.4) is 0 Å². The molecule has 0 aromatic carbocycles. The van der Waals surface area contributed by atoms with E-state index in [0.717, 1.165) is 103 Å². The lowest BCUT2D eigenvalue weighted by Gasteiger charge is -2.18. The Kier molecular flexibility index (Phi) is 59.3. The van der Waals surface area contributed by atoms with Gasteiger partial charge in [0.05, 0.1) is 0 Å². The van der Waals surface area contributed by atoms with Crippen LogP contribution in [-0.2, 0) is 28.6 Å². The minimum absolute atomic E-state index is 0.0925. The van der Waals surface area contributed by atoms with Crippen LogP contribution >= 0.6 is 0 Å². The average molecular weight is 1040 g/mol. The Morgan fingerprint density at radius 3 is 0.813 bits per heavy atom. The van der Waals surface area contributed by atoms with Crippen LogP contribution in [-0.4, -0.2) is 37.2 Å². The number of unbranched alkanes of at least 4 members (excludes halogenated alkanes) is 27. The summed E-state index contributed by atoms with van der Waals surface area (Å²) >= 11 is 0. The van der Waals surface area contributed by atoms with Crippen molar-refractivity contribution in [2.24, 2.45) is 0 Å². The fourth-order valence-corrected chi connectivity index (χ4v) is 8.62. The van der Waals surface area contributed by atoms with Crippen molar-refractivity contribution in [2.75, 3.05) is 13.2 Å². The van der Waals surface area contributed by atoms with Gasteiger partial charge in [0.15, 0.2) is 6.10 Å². The van der Waals surface area contributed by atoms with Crippen LogP contribution in [0, 0.1) is 0 Å². The summed E-state index contributed by atoms with van der Waals surface area (Å²) in [6.07, 6.45) is 85.2. The van der Waals surface area contributed by atoms with Crippen molar-refractivity contribution in [3.05, 3.63) is 109 Å². The fraction of sp³-hybridized carbons (Fsp3) is 0.696. The summed E-state index contributed by atoms with van der Waals surface area (Å²) in [5.41, 5.74) is 0. The molecule has 0 aliphatic carbocycles. The van der Waals surface area contributed by atoms with Crippen LogP contribution in [0.25, 0.3) is 0 Å². The van der Waals surface area contributed by atoms with Crippen LogP contribution in [0.2, 0.25) is 0 Å². The molecular formula is C69H116O6. The highest BCUT2D eigenvalue weighted by Gasteiger charge is 2.19. The molecule has 0 heterocycles. The zero-order chi connectivity index (χ0) is 54.3. The number of carbonyl (C=O) groups excluding carboxylic acids is 3. The molecule has 0 rings (SSSR count). The number of hydrogen-bond donors (Lipinski definition) is 0. The molecule has 0 saturated carbocycles. The van der Waals surface area contributed by atoms with Crippen molar-refractivity contribution in [1.29, 1.82) is 0 Å². The lowest BCUT2D eigenvalue weighted by molar-refractivity contribution is -0.167. The quantitative estimate of drug-likeness (QED) is 0.0261. The second-order valence-electron chi connectivity index (χ2n) is 20.6. The van der Waals surface area contributed by atoms with Crippen LogP contribution in [0.15, 0.2) is 109 Å². The summed E-state index contributed by atoms with van der Waals surface area (Å²) in [6.45, 7) is 6.50. The summed E-state index contributed by atoms with van der Waals surface area (Å²) in [5, 5.41) is 0. The van der Waals surface area contributed by atoms with Gasteiger partial charge >= 0.3 is 17.9 Å². The maximum absolute atomic E-state index is 12.9. The van der Waals surface area contributed by atoms with Crippen molar-refractivity contribution in [2.45, 2.75) is 297 Å². The second kappa shape index (κ2) is 62.6. The highest BCUT2D eigenvalue weighted by atomic mass is 16.6. The largest absolute Gasteiger partial charge is 0.462 e. The fourth-order valence-electron chi connectivity index (χ4n) is 8.62. The first-order chi connectivity index (χ1) is 37.0. The first kappa shape index (κ1) is 71.1. The third-order valence-corrected chi connectivity index (χ3v) is 13.3. The number of hydrogen-bond acceptors (Lipinski definition) is 6. The zero-order valence-corrected chi connectivity index (χ0v) is 49.0. The van der Waals surface area contributed by atoms with Crippen molar-refractivity contribution in [3.8, 4) is 0 Å². The molecule has 0 saturated heterocycles. The van der Waals surface area contributed by atoms with Gasteiger partial charge in [0, 0.05) is 19.3 Å². The Morgan fingerprint density at radius 2 is 0.520 bits per heavy atom. The highest BCUT2D eigenvalue weighted by Crippen LogP contribution is 2.16. The molecule has 0 N–H and O–H groups in total. The van der Waals surface area contributed by atoms with E-state index in [-0.39, 0.29) is 37.5 Å². The van der Waals surface area contributed by atoms with Crippen LogP contribution in [0.4, 0.5) is 0 Å². The lowest BCUT2D eigenvalue weighted by Crippen LogP contribution is -2.30. The summed E-state index contributed by atoms with van der Waals surface area (Å²) < 4.78 is 16.8. The molecule has 0 amide bonds. The van der Waals surface area contributed by atoms with Crippen LogP contribution < -0.4 is 0 Å². The Hall–Kier alpha value is -3.93. The van der Waals surface area contributed by atoms with Gasteiger partial charge in [-0.25, -0.2) is 0 Å². The van der Waals surface area contributed by atoms with E-state index in [9.17, 15) is 14.4 Å².